The van der Waals surface area contributed by atoms with Crippen molar-refractivity contribution in [1.29, 1.82) is 0 Å². The molecule has 0 N–H and O–H groups in total. The third-order valence-corrected chi connectivity index (χ3v) is 5.61. The smallest absolute Gasteiger partial charge is 0.433 e. The highest BCUT2D eigenvalue weighted by molar-refractivity contribution is 9.09. The highest BCUT2D eigenvalue weighted by atomic mass is 79.9. The number of alkyl halides is 4. The van der Waals surface area contributed by atoms with Gasteiger partial charge in [0.1, 0.15) is 0 Å². The topological polar surface area (TPSA) is 51.5 Å². The number of hydrogen-bond acceptors (Lipinski definition) is 3. The van der Waals surface area contributed by atoms with Crippen LogP contribution < -0.4 is 0 Å². The summed E-state index contributed by atoms with van der Waals surface area (Å²) in [4.78, 5) is 24.9. The predicted molar refractivity (Wildman–Crippen MR) is 85.6 cm³/mol. The summed E-state index contributed by atoms with van der Waals surface area (Å²) < 4.78 is 45.6. The van der Waals surface area contributed by atoms with Crippen molar-refractivity contribution in [3.05, 3.63) is 35.5 Å². The fraction of sp³-hybridized carbons (Fsp3) is 0.375. The van der Waals surface area contributed by atoms with Crippen molar-refractivity contribution in [2.75, 3.05) is 18.4 Å². The zero-order chi connectivity index (χ0) is 18.0. The first-order valence-electron chi connectivity index (χ1n) is 7.57. The van der Waals surface area contributed by atoms with Crippen molar-refractivity contribution in [3.8, 4) is 0 Å². The van der Waals surface area contributed by atoms with Gasteiger partial charge < -0.3 is 9.64 Å². The van der Waals surface area contributed by atoms with Gasteiger partial charge in [-0.2, -0.15) is 13.2 Å². The van der Waals surface area contributed by atoms with E-state index in [9.17, 15) is 22.8 Å². The summed E-state index contributed by atoms with van der Waals surface area (Å²) in [6.45, 7) is -0.433. The fourth-order valence-electron chi connectivity index (χ4n) is 3.72. The number of amides is 1. The lowest BCUT2D eigenvalue weighted by atomic mass is 9.97. The molecule has 0 fully saturated rings. The molecule has 3 heterocycles. The van der Waals surface area contributed by atoms with Crippen molar-refractivity contribution in [2.24, 2.45) is 0 Å². The maximum Gasteiger partial charge on any atom is 0.471 e. The summed E-state index contributed by atoms with van der Waals surface area (Å²) in [5.41, 5.74) is 0.616. The minimum Gasteiger partial charge on any atom is -0.433 e. The third kappa shape index (κ3) is 2.21. The van der Waals surface area contributed by atoms with Crippen LogP contribution in [0.1, 0.15) is 11.3 Å². The first-order valence-corrected chi connectivity index (χ1v) is 8.69. The normalized spacial score (nSPS) is 22.7. The van der Waals surface area contributed by atoms with Crippen LogP contribution >= 0.6 is 15.9 Å². The van der Waals surface area contributed by atoms with E-state index in [-0.39, 0.29) is 24.8 Å². The van der Waals surface area contributed by atoms with Gasteiger partial charge in [0, 0.05) is 11.9 Å². The molecule has 1 amide bonds. The number of para-hydroxylation sites is 1. The lowest BCUT2D eigenvalue weighted by Crippen LogP contribution is -2.48. The molecule has 1 aromatic heterocycles. The summed E-state index contributed by atoms with van der Waals surface area (Å²) in [5.74, 6) is -1.92. The Morgan fingerprint density at radius 1 is 1.32 bits per heavy atom. The molecular weight excluding hydrogens is 405 g/mol. The molecule has 1 unspecified atom stereocenters. The van der Waals surface area contributed by atoms with E-state index in [1.807, 2.05) is 6.07 Å². The number of nitrogens with zero attached hydrogens (tertiary/aromatic N) is 2. The number of carbonyl (C=O) groups is 2. The number of hydrogen-bond donors (Lipinski definition) is 0. The molecule has 0 bridgehead atoms. The SMILES string of the molecule is O=C1OC2(CBr)CN(C(=O)C(F)(F)F)CCc3c2n1c1ccccc31. The Kier molecular flexibility index (Phi) is 3.44. The van der Waals surface area contributed by atoms with Crippen LogP contribution in [-0.4, -0.2) is 46.1 Å². The monoisotopic (exact) mass is 416 g/mol. The Morgan fingerprint density at radius 2 is 2.04 bits per heavy atom. The van der Waals surface area contributed by atoms with Crippen LogP contribution in [0, 0.1) is 0 Å². The summed E-state index contributed by atoms with van der Waals surface area (Å²) in [5, 5.41) is 0.886. The summed E-state index contributed by atoms with van der Waals surface area (Å²) in [6, 6.07) is 7.18. The third-order valence-electron chi connectivity index (χ3n) is 4.70. The highest BCUT2D eigenvalue weighted by Crippen LogP contribution is 2.44. The van der Waals surface area contributed by atoms with E-state index in [2.05, 4.69) is 15.9 Å². The van der Waals surface area contributed by atoms with Crippen LogP contribution in [-0.2, 0) is 21.6 Å². The second-order valence-electron chi connectivity index (χ2n) is 6.15. The fourth-order valence-corrected chi connectivity index (χ4v) is 4.27. The van der Waals surface area contributed by atoms with E-state index in [0.29, 0.717) is 11.2 Å². The van der Waals surface area contributed by atoms with Crippen molar-refractivity contribution >= 4 is 38.8 Å². The second-order valence-corrected chi connectivity index (χ2v) is 6.71. The Labute approximate surface area is 148 Å². The van der Waals surface area contributed by atoms with Crippen LogP contribution in [0.15, 0.2) is 24.3 Å². The minimum atomic E-state index is -4.97. The molecule has 0 saturated heterocycles. The summed E-state index contributed by atoms with van der Waals surface area (Å²) in [6.07, 6.45) is -5.39. The predicted octanol–water partition coefficient (Wildman–Crippen LogP) is 3.18. The van der Waals surface area contributed by atoms with Crippen LogP contribution in [0.2, 0.25) is 0 Å². The number of rotatable bonds is 1. The van der Waals surface area contributed by atoms with Crippen molar-refractivity contribution in [3.63, 3.8) is 0 Å². The van der Waals surface area contributed by atoms with E-state index >= 15 is 0 Å². The van der Waals surface area contributed by atoms with Crippen molar-refractivity contribution in [1.82, 2.24) is 9.47 Å². The molecule has 132 valence electrons. The van der Waals surface area contributed by atoms with Gasteiger partial charge in [0.25, 0.3) is 0 Å². The quantitative estimate of drug-likeness (QED) is 0.670. The molecule has 0 spiro atoms. The van der Waals surface area contributed by atoms with Crippen molar-refractivity contribution < 1.29 is 27.5 Å². The zero-order valence-corrected chi connectivity index (χ0v) is 14.4. The van der Waals surface area contributed by atoms with Gasteiger partial charge in [-0.05, 0) is 18.1 Å². The van der Waals surface area contributed by atoms with Gasteiger partial charge in [0.2, 0.25) is 0 Å². The average molecular weight is 417 g/mol. The van der Waals surface area contributed by atoms with Gasteiger partial charge in [-0.15, -0.1) is 0 Å². The number of ether oxygens (including phenoxy) is 1. The minimum absolute atomic E-state index is 0.0916. The molecule has 25 heavy (non-hydrogen) atoms. The van der Waals surface area contributed by atoms with Gasteiger partial charge >= 0.3 is 18.2 Å². The number of fused-ring (bicyclic) bond motifs is 3. The molecule has 9 heteroatoms. The van der Waals surface area contributed by atoms with E-state index in [4.69, 9.17) is 4.74 Å². The van der Waals surface area contributed by atoms with Crippen LogP contribution in [0.4, 0.5) is 18.0 Å². The maximum absolute atomic E-state index is 12.9. The molecule has 0 radical (unpaired) electrons. The molecule has 5 nitrogen and oxygen atoms in total. The Hall–Kier alpha value is -2.03. The van der Waals surface area contributed by atoms with E-state index in [1.54, 1.807) is 18.2 Å². The molecule has 2 aliphatic heterocycles. The van der Waals surface area contributed by atoms with Gasteiger partial charge in [-0.25, -0.2) is 9.36 Å². The second kappa shape index (κ2) is 5.23. The molecular formula is C16H12BrF3N2O3. The number of benzene rings is 1. The Bertz CT molecular complexity index is 908. The lowest BCUT2D eigenvalue weighted by molar-refractivity contribution is -0.187. The number of carbonyl (C=O) groups excluding carboxylic acids is 2. The molecule has 4 rings (SSSR count). The van der Waals surface area contributed by atoms with E-state index < -0.39 is 23.8 Å². The molecule has 0 saturated carbocycles. The molecule has 2 aromatic rings. The average Bonchev–Trinajstić information content (AvgIpc) is 2.98. The maximum atomic E-state index is 12.9. The van der Waals surface area contributed by atoms with Crippen LogP contribution in [0.5, 0.6) is 0 Å². The van der Waals surface area contributed by atoms with Crippen LogP contribution in [0.3, 0.4) is 0 Å². The van der Waals surface area contributed by atoms with Crippen LogP contribution in [0.25, 0.3) is 10.9 Å². The van der Waals surface area contributed by atoms with Crippen molar-refractivity contribution in [2.45, 2.75) is 18.2 Å². The van der Waals surface area contributed by atoms with Gasteiger partial charge in [0.15, 0.2) is 5.60 Å². The zero-order valence-electron chi connectivity index (χ0n) is 12.8. The Balaban J connectivity index is 1.91. The highest BCUT2D eigenvalue weighted by Gasteiger charge is 2.54. The van der Waals surface area contributed by atoms with Gasteiger partial charge in [-0.3, -0.25) is 4.79 Å². The van der Waals surface area contributed by atoms with Gasteiger partial charge in [0.05, 0.1) is 23.1 Å². The lowest BCUT2D eigenvalue weighted by Gasteiger charge is -2.30. The largest absolute Gasteiger partial charge is 0.471 e. The summed E-state index contributed by atoms with van der Waals surface area (Å²) >= 11 is 3.27. The Morgan fingerprint density at radius 3 is 2.72 bits per heavy atom. The first-order chi connectivity index (χ1) is 11.8. The molecule has 1 aromatic carbocycles. The first kappa shape index (κ1) is 16.4. The standard InChI is InChI=1S/C16H12BrF3N2O3/c17-7-15-8-21(13(23)16(18,19)20)6-5-10-9-3-1-2-4-11(9)22(12(10)15)14(24)25-15/h1-4H,5-8H2. The van der Waals surface area contributed by atoms with Gasteiger partial charge in [-0.1, -0.05) is 34.1 Å². The molecule has 2 aliphatic rings. The van der Waals surface area contributed by atoms with E-state index in [0.717, 1.165) is 15.8 Å². The molecule has 0 aliphatic carbocycles. The number of aromatic nitrogens is 1. The number of halogens is 4. The van der Waals surface area contributed by atoms with E-state index in [1.165, 1.54) is 4.57 Å². The molecule has 1 atom stereocenters. The summed E-state index contributed by atoms with van der Waals surface area (Å²) in [7, 11) is 0.